The predicted molar refractivity (Wildman–Crippen MR) is 182 cm³/mol. The van der Waals surface area contributed by atoms with Gasteiger partial charge in [0.15, 0.2) is 5.84 Å². The Hall–Kier alpha value is -5.74. The van der Waals surface area contributed by atoms with Crippen molar-refractivity contribution in [3.63, 3.8) is 0 Å². The molecule has 0 N–H and O–H groups in total. The summed E-state index contributed by atoms with van der Waals surface area (Å²) in [6, 6.07) is 44.6. The Morgan fingerprint density at radius 1 is 0.558 bits per heavy atom. The Labute approximate surface area is 246 Å². The molecule has 0 saturated heterocycles. The lowest BCUT2D eigenvalue weighted by molar-refractivity contribution is 0.676. The van der Waals surface area contributed by atoms with E-state index in [2.05, 4.69) is 113 Å². The third-order valence-corrected chi connectivity index (χ3v) is 8.76. The van der Waals surface area contributed by atoms with Gasteiger partial charge in [-0.1, -0.05) is 115 Å². The van der Waals surface area contributed by atoms with Gasteiger partial charge < -0.3 is 8.98 Å². The van der Waals surface area contributed by atoms with E-state index in [9.17, 15) is 0 Å². The first-order valence-electron chi connectivity index (χ1n) is 14.5. The second-order valence-electron chi connectivity index (χ2n) is 11.0. The predicted octanol–water partition coefficient (Wildman–Crippen LogP) is 10.3. The zero-order valence-electron chi connectivity index (χ0n) is 23.3. The number of nitrogens with zero attached hydrogens (tertiary/aromatic N) is 3. The third-order valence-electron chi connectivity index (χ3n) is 8.76. The molecule has 0 saturated carbocycles. The van der Waals surface area contributed by atoms with Gasteiger partial charge in [-0.3, -0.25) is 0 Å². The molecule has 7 aromatic carbocycles. The molecule has 4 nitrogen and oxygen atoms in total. The lowest BCUT2D eigenvalue weighted by Gasteiger charge is -2.09. The van der Waals surface area contributed by atoms with Gasteiger partial charge in [0, 0.05) is 43.3 Å². The maximum Gasteiger partial charge on any atom is 0.155 e. The zero-order chi connectivity index (χ0) is 28.5. The summed E-state index contributed by atoms with van der Waals surface area (Å²) in [7, 11) is 0. The van der Waals surface area contributed by atoms with Gasteiger partial charge in [0.05, 0.1) is 11.0 Å². The summed E-state index contributed by atoms with van der Waals surface area (Å²) in [6.07, 6.45) is 0. The van der Waals surface area contributed by atoms with Crippen LogP contribution in [-0.2, 0) is 6.67 Å². The Morgan fingerprint density at radius 3 is 2.00 bits per heavy atom. The summed E-state index contributed by atoms with van der Waals surface area (Å²) < 4.78 is 9.21. The van der Waals surface area contributed by atoms with E-state index in [-0.39, 0.29) is 0 Å². The molecule has 0 unspecified atom stereocenters. The zero-order valence-corrected chi connectivity index (χ0v) is 23.3. The van der Waals surface area contributed by atoms with E-state index >= 15 is 0 Å². The third kappa shape index (κ3) is 3.38. The van der Waals surface area contributed by atoms with Gasteiger partial charge in [-0.05, 0) is 35.0 Å². The molecule has 0 aliphatic carbocycles. The second kappa shape index (κ2) is 9.13. The van der Waals surface area contributed by atoms with Crippen molar-refractivity contribution in [3.8, 4) is 0 Å². The molecular formula is C39H25N3O. The number of hydrogen-bond donors (Lipinski definition) is 0. The molecule has 0 bridgehead atoms. The normalized spacial score (nSPS) is 12.5. The van der Waals surface area contributed by atoms with Crippen LogP contribution in [0.2, 0.25) is 0 Å². The quantitative estimate of drug-likeness (QED) is 0.159. The molecule has 0 amide bonds. The molecule has 0 radical (unpaired) electrons. The van der Waals surface area contributed by atoms with Crippen molar-refractivity contribution < 1.29 is 4.42 Å². The summed E-state index contributed by atoms with van der Waals surface area (Å²) in [5.74, 6) is 0.627. The number of amidine groups is 1. The fourth-order valence-electron chi connectivity index (χ4n) is 6.90. The topological polar surface area (TPSA) is 42.8 Å². The summed E-state index contributed by atoms with van der Waals surface area (Å²) in [6.45, 7) is 4.24. The minimum atomic E-state index is 0.399. The molecule has 202 valence electrons. The van der Waals surface area contributed by atoms with Crippen molar-refractivity contribution in [2.45, 2.75) is 6.67 Å². The molecule has 0 aliphatic rings. The van der Waals surface area contributed by atoms with Crippen LogP contribution in [0, 0.1) is 0 Å². The molecule has 0 fully saturated rings. The average Bonchev–Trinajstić information content (AvgIpc) is 3.62. The number of benzene rings is 7. The van der Waals surface area contributed by atoms with Crippen molar-refractivity contribution in [1.82, 2.24) is 4.57 Å². The first-order valence-corrected chi connectivity index (χ1v) is 14.5. The Bertz CT molecular complexity index is 2600. The van der Waals surface area contributed by atoms with Gasteiger partial charge in [-0.15, -0.1) is 0 Å². The van der Waals surface area contributed by atoms with E-state index < -0.39 is 0 Å². The molecule has 43 heavy (non-hydrogen) atoms. The second-order valence-corrected chi connectivity index (χ2v) is 11.0. The number of rotatable bonds is 3. The van der Waals surface area contributed by atoms with Crippen molar-refractivity contribution in [2.24, 2.45) is 9.98 Å². The maximum atomic E-state index is 6.87. The Balaban J connectivity index is 1.51. The highest BCUT2D eigenvalue weighted by atomic mass is 16.3. The minimum absolute atomic E-state index is 0.399. The summed E-state index contributed by atoms with van der Waals surface area (Å²) in [5.41, 5.74) is 5.06. The molecule has 2 heterocycles. The van der Waals surface area contributed by atoms with Crippen LogP contribution in [0.3, 0.4) is 0 Å². The SMILES string of the molecule is C=N/C(=N\Cn1c2ccc3ccccc3c2c2c3c4ccc5ccccc5c4oc3c3ccccc3c21)c1ccccc1. The first-order chi connectivity index (χ1) is 21.3. The van der Waals surface area contributed by atoms with Gasteiger partial charge in [0.25, 0.3) is 0 Å². The van der Waals surface area contributed by atoms with Gasteiger partial charge in [0.1, 0.15) is 17.8 Å². The molecule has 0 spiro atoms. The summed E-state index contributed by atoms with van der Waals surface area (Å²) >= 11 is 0. The standard InChI is InChI=1S/C39H25N3O/c1-40-39(26-13-3-2-4-14-26)41-23-42-32-22-20-24-11-5-7-15-27(24)33(32)35-34-31-21-19-25-12-6-8-16-28(25)37(31)43-38(34)30-18-10-9-17-29(30)36(35)42/h2-22H,1,23H2/b41-39-. The molecule has 9 aromatic rings. The van der Waals surface area contributed by atoms with Crippen molar-refractivity contribution >= 4 is 88.6 Å². The summed E-state index contributed by atoms with van der Waals surface area (Å²) in [5, 5.41) is 11.6. The van der Waals surface area contributed by atoms with Crippen molar-refractivity contribution in [2.75, 3.05) is 0 Å². The van der Waals surface area contributed by atoms with Gasteiger partial charge in [-0.2, -0.15) is 0 Å². The highest BCUT2D eigenvalue weighted by molar-refractivity contribution is 6.39. The van der Waals surface area contributed by atoms with E-state index in [1.807, 2.05) is 30.3 Å². The molecule has 0 aliphatic heterocycles. The molecular weight excluding hydrogens is 526 g/mol. The largest absolute Gasteiger partial charge is 0.455 e. The van der Waals surface area contributed by atoms with Crippen LogP contribution < -0.4 is 0 Å². The fourth-order valence-corrected chi connectivity index (χ4v) is 6.90. The minimum Gasteiger partial charge on any atom is -0.455 e. The van der Waals surface area contributed by atoms with E-state index in [0.717, 1.165) is 54.7 Å². The van der Waals surface area contributed by atoms with Crippen LogP contribution in [0.4, 0.5) is 0 Å². The van der Waals surface area contributed by atoms with E-state index in [4.69, 9.17) is 9.41 Å². The van der Waals surface area contributed by atoms with Gasteiger partial charge in [-0.25, -0.2) is 9.98 Å². The van der Waals surface area contributed by atoms with Crippen molar-refractivity contribution in [1.29, 1.82) is 0 Å². The molecule has 0 atom stereocenters. The average molecular weight is 552 g/mol. The number of fused-ring (bicyclic) bond motifs is 14. The lowest BCUT2D eigenvalue weighted by atomic mass is 9.96. The van der Waals surface area contributed by atoms with Crippen molar-refractivity contribution in [3.05, 3.63) is 133 Å². The number of aromatic nitrogens is 1. The highest BCUT2D eigenvalue weighted by Gasteiger charge is 2.23. The lowest BCUT2D eigenvalue weighted by Crippen LogP contribution is -2.02. The maximum absolute atomic E-state index is 6.87. The Morgan fingerprint density at radius 2 is 1.21 bits per heavy atom. The monoisotopic (exact) mass is 551 g/mol. The van der Waals surface area contributed by atoms with Gasteiger partial charge >= 0.3 is 0 Å². The molecule has 2 aromatic heterocycles. The molecule has 4 heteroatoms. The van der Waals surface area contributed by atoms with Gasteiger partial charge in [0.2, 0.25) is 0 Å². The fraction of sp³-hybridized carbons (Fsp3) is 0.0256. The molecule has 9 rings (SSSR count). The van der Waals surface area contributed by atoms with E-state index in [1.54, 1.807) is 0 Å². The van der Waals surface area contributed by atoms with Crippen LogP contribution >= 0.6 is 0 Å². The smallest absolute Gasteiger partial charge is 0.155 e. The van der Waals surface area contributed by atoms with Crippen LogP contribution in [-0.4, -0.2) is 17.1 Å². The van der Waals surface area contributed by atoms with E-state index in [1.165, 1.54) is 26.9 Å². The van der Waals surface area contributed by atoms with E-state index in [0.29, 0.717) is 12.5 Å². The van der Waals surface area contributed by atoms with Crippen LogP contribution in [0.25, 0.3) is 76.1 Å². The van der Waals surface area contributed by atoms with Crippen LogP contribution in [0.1, 0.15) is 5.56 Å². The van der Waals surface area contributed by atoms with Crippen LogP contribution in [0.15, 0.2) is 142 Å². The number of furan rings is 1. The Kier molecular flexibility index (Phi) is 5.08. The number of aliphatic imine (C=N–C) groups is 2. The number of hydrogen-bond acceptors (Lipinski definition) is 2. The highest BCUT2D eigenvalue weighted by Crippen LogP contribution is 2.47. The van der Waals surface area contributed by atoms with Crippen LogP contribution in [0.5, 0.6) is 0 Å². The first kappa shape index (κ1) is 23.9. The summed E-state index contributed by atoms with van der Waals surface area (Å²) in [4.78, 5) is 9.35.